The highest BCUT2D eigenvalue weighted by Crippen LogP contribution is 2.26. The van der Waals surface area contributed by atoms with E-state index in [9.17, 15) is 0 Å². The number of nitrogens with one attached hydrogen (secondary N) is 1. The first-order valence-corrected chi connectivity index (χ1v) is 7.39. The van der Waals surface area contributed by atoms with Crippen molar-refractivity contribution >= 4 is 39.9 Å². The van der Waals surface area contributed by atoms with E-state index < -0.39 is 0 Å². The SMILES string of the molecule is CCCCCCNc1ccc2nc(S)sc2c1. The van der Waals surface area contributed by atoms with E-state index >= 15 is 0 Å². The van der Waals surface area contributed by atoms with Gasteiger partial charge >= 0.3 is 0 Å². The zero-order valence-electron chi connectivity index (χ0n) is 10.1. The number of fused-ring (bicyclic) bond motifs is 1. The third-order valence-electron chi connectivity index (χ3n) is 2.74. The summed E-state index contributed by atoms with van der Waals surface area (Å²) in [6.45, 7) is 3.29. The van der Waals surface area contributed by atoms with Crippen LogP contribution in [0.3, 0.4) is 0 Å². The van der Waals surface area contributed by atoms with Crippen LogP contribution in [0.15, 0.2) is 22.5 Å². The van der Waals surface area contributed by atoms with E-state index in [0.717, 1.165) is 16.4 Å². The number of benzene rings is 1. The van der Waals surface area contributed by atoms with E-state index in [-0.39, 0.29) is 0 Å². The van der Waals surface area contributed by atoms with Crippen LogP contribution in [0.25, 0.3) is 10.2 Å². The quantitative estimate of drug-likeness (QED) is 0.591. The van der Waals surface area contributed by atoms with Crippen molar-refractivity contribution in [3.8, 4) is 0 Å². The van der Waals surface area contributed by atoms with E-state index in [4.69, 9.17) is 0 Å². The Morgan fingerprint density at radius 3 is 3.00 bits per heavy atom. The molecule has 2 nitrogen and oxygen atoms in total. The van der Waals surface area contributed by atoms with Crippen molar-refractivity contribution in [1.82, 2.24) is 4.98 Å². The molecule has 0 atom stereocenters. The second-order valence-corrected chi connectivity index (χ2v) is 5.92. The van der Waals surface area contributed by atoms with Gasteiger partial charge in [0, 0.05) is 12.2 Å². The van der Waals surface area contributed by atoms with Crippen molar-refractivity contribution in [3.63, 3.8) is 0 Å². The summed E-state index contributed by atoms with van der Waals surface area (Å²) < 4.78 is 2.04. The molecule has 1 aromatic heterocycles. The summed E-state index contributed by atoms with van der Waals surface area (Å²) in [5.74, 6) is 0. The second-order valence-electron chi connectivity index (χ2n) is 4.17. The average molecular weight is 266 g/mol. The molecule has 1 heterocycles. The van der Waals surface area contributed by atoms with Gasteiger partial charge in [-0.05, 0) is 24.6 Å². The average Bonchev–Trinajstić information content (AvgIpc) is 2.68. The molecule has 92 valence electrons. The van der Waals surface area contributed by atoms with Crippen molar-refractivity contribution in [3.05, 3.63) is 18.2 Å². The molecule has 0 saturated carbocycles. The summed E-state index contributed by atoms with van der Waals surface area (Å²) in [4.78, 5) is 4.33. The van der Waals surface area contributed by atoms with Gasteiger partial charge in [-0.15, -0.1) is 24.0 Å². The van der Waals surface area contributed by atoms with Crippen molar-refractivity contribution < 1.29 is 0 Å². The first-order chi connectivity index (χ1) is 8.29. The molecule has 0 bridgehead atoms. The highest BCUT2D eigenvalue weighted by molar-refractivity contribution is 7.82. The van der Waals surface area contributed by atoms with Crippen molar-refractivity contribution in [1.29, 1.82) is 0 Å². The van der Waals surface area contributed by atoms with Gasteiger partial charge in [-0.25, -0.2) is 4.98 Å². The van der Waals surface area contributed by atoms with Gasteiger partial charge in [0.2, 0.25) is 0 Å². The fourth-order valence-electron chi connectivity index (χ4n) is 1.81. The van der Waals surface area contributed by atoms with Gasteiger partial charge in [0.05, 0.1) is 10.2 Å². The highest BCUT2D eigenvalue weighted by atomic mass is 32.2. The number of nitrogens with zero attached hydrogens (tertiary/aromatic N) is 1. The molecule has 0 aliphatic heterocycles. The molecule has 0 unspecified atom stereocenters. The predicted octanol–water partition coefficient (Wildman–Crippen LogP) is 4.58. The van der Waals surface area contributed by atoms with Crippen LogP contribution in [-0.2, 0) is 0 Å². The van der Waals surface area contributed by atoms with Crippen LogP contribution in [0.2, 0.25) is 0 Å². The topological polar surface area (TPSA) is 24.9 Å². The molecular formula is C13H18N2S2. The molecule has 17 heavy (non-hydrogen) atoms. The Morgan fingerprint density at radius 2 is 2.18 bits per heavy atom. The predicted molar refractivity (Wildman–Crippen MR) is 79.5 cm³/mol. The number of hydrogen-bond donors (Lipinski definition) is 2. The molecule has 4 heteroatoms. The Morgan fingerprint density at radius 1 is 1.29 bits per heavy atom. The Kier molecular flexibility index (Phi) is 4.68. The van der Waals surface area contributed by atoms with E-state index in [1.165, 1.54) is 36.1 Å². The van der Waals surface area contributed by atoms with Gasteiger partial charge in [-0.1, -0.05) is 26.2 Å². The number of anilines is 1. The largest absolute Gasteiger partial charge is 0.385 e. The molecule has 1 N–H and O–H groups in total. The Bertz CT molecular complexity index is 479. The van der Waals surface area contributed by atoms with Gasteiger partial charge in [0.25, 0.3) is 0 Å². The first-order valence-electron chi connectivity index (χ1n) is 6.13. The summed E-state index contributed by atoms with van der Waals surface area (Å²) in [7, 11) is 0. The molecule has 0 radical (unpaired) electrons. The molecule has 0 fully saturated rings. The van der Waals surface area contributed by atoms with Crippen molar-refractivity contribution in [2.75, 3.05) is 11.9 Å². The van der Waals surface area contributed by atoms with E-state index in [1.807, 2.05) is 0 Å². The number of aromatic nitrogens is 1. The normalized spacial score (nSPS) is 10.9. The number of thiol groups is 1. The maximum atomic E-state index is 4.33. The second kappa shape index (κ2) is 6.26. The molecule has 0 aliphatic rings. The lowest BCUT2D eigenvalue weighted by molar-refractivity contribution is 0.685. The standard InChI is InChI=1S/C13H18N2S2/c1-2-3-4-5-8-14-10-6-7-11-12(9-10)17-13(16)15-11/h6-7,9,14H,2-5,8H2,1H3,(H,15,16). The fourth-order valence-corrected chi connectivity index (χ4v) is 2.95. The lowest BCUT2D eigenvalue weighted by Crippen LogP contribution is -2.00. The Hall–Kier alpha value is -0.740. The number of thiazole rings is 1. The highest BCUT2D eigenvalue weighted by Gasteiger charge is 2.01. The molecule has 1 aromatic carbocycles. The number of rotatable bonds is 6. The molecule has 2 aromatic rings. The Labute approximate surface area is 112 Å². The molecule has 0 saturated heterocycles. The van der Waals surface area contributed by atoms with Crippen LogP contribution in [0, 0.1) is 0 Å². The van der Waals surface area contributed by atoms with Crippen molar-refractivity contribution in [2.24, 2.45) is 0 Å². The van der Waals surface area contributed by atoms with Gasteiger partial charge in [-0.2, -0.15) is 0 Å². The van der Waals surface area contributed by atoms with Crippen LogP contribution in [0.1, 0.15) is 32.6 Å². The zero-order chi connectivity index (χ0) is 12.1. The maximum Gasteiger partial charge on any atom is 0.148 e. The van der Waals surface area contributed by atoms with Crippen LogP contribution in [0.5, 0.6) is 0 Å². The van der Waals surface area contributed by atoms with Crippen LogP contribution in [-0.4, -0.2) is 11.5 Å². The monoisotopic (exact) mass is 266 g/mol. The molecule has 0 amide bonds. The molecular weight excluding hydrogens is 248 g/mol. The van der Waals surface area contributed by atoms with Gasteiger partial charge in [-0.3, -0.25) is 0 Å². The molecule has 0 spiro atoms. The van der Waals surface area contributed by atoms with Gasteiger partial charge < -0.3 is 5.32 Å². The summed E-state index contributed by atoms with van der Waals surface area (Å²) in [5.41, 5.74) is 2.22. The van der Waals surface area contributed by atoms with Gasteiger partial charge in [0.1, 0.15) is 4.34 Å². The summed E-state index contributed by atoms with van der Waals surface area (Å²) in [5, 5.41) is 3.46. The first kappa shape index (κ1) is 12.7. The van der Waals surface area contributed by atoms with Crippen LogP contribution in [0.4, 0.5) is 5.69 Å². The van der Waals surface area contributed by atoms with E-state index in [1.54, 1.807) is 11.3 Å². The maximum absolute atomic E-state index is 4.33. The minimum Gasteiger partial charge on any atom is -0.385 e. The number of unbranched alkanes of at least 4 members (excludes halogenated alkanes) is 3. The summed E-state index contributed by atoms with van der Waals surface area (Å²) >= 11 is 5.90. The zero-order valence-corrected chi connectivity index (χ0v) is 11.8. The lowest BCUT2D eigenvalue weighted by atomic mass is 10.2. The van der Waals surface area contributed by atoms with Gasteiger partial charge in [0.15, 0.2) is 0 Å². The van der Waals surface area contributed by atoms with Crippen LogP contribution < -0.4 is 5.32 Å². The van der Waals surface area contributed by atoms with Crippen LogP contribution >= 0.6 is 24.0 Å². The summed E-state index contributed by atoms with van der Waals surface area (Å²) in [6.07, 6.45) is 5.18. The van der Waals surface area contributed by atoms with E-state index in [0.29, 0.717) is 0 Å². The third-order valence-corrected chi connectivity index (χ3v) is 3.93. The minimum absolute atomic E-state index is 0.833. The third kappa shape index (κ3) is 3.61. The Balaban J connectivity index is 1.90. The summed E-state index contributed by atoms with van der Waals surface area (Å²) in [6, 6.07) is 6.31. The molecule has 0 aliphatic carbocycles. The lowest BCUT2D eigenvalue weighted by Gasteiger charge is -2.05. The smallest absolute Gasteiger partial charge is 0.148 e. The minimum atomic E-state index is 0.833. The fraction of sp³-hybridized carbons (Fsp3) is 0.462. The van der Waals surface area contributed by atoms with E-state index in [2.05, 4.69) is 48.1 Å². The van der Waals surface area contributed by atoms with Crippen molar-refractivity contribution in [2.45, 2.75) is 36.9 Å². The molecule has 2 rings (SSSR count). The number of hydrogen-bond acceptors (Lipinski definition) is 4.